The van der Waals surface area contributed by atoms with E-state index < -0.39 is 0 Å². The summed E-state index contributed by atoms with van der Waals surface area (Å²) in [5, 5.41) is 6.46. The third kappa shape index (κ3) is 6.56. The van der Waals surface area contributed by atoms with Gasteiger partial charge in [0.05, 0.1) is 31.4 Å². The van der Waals surface area contributed by atoms with Crippen molar-refractivity contribution in [1.29, 1.82) is 0 Å². The van der Waals surface area contributed by atoms with E-state index in [1.54, 1.807) is 11.3 Å². The van der Waals surface area contributed by atoms with Gasteiger partial charge in [0.25, 0.3) is 0 Å². The molecule has 2 aromatic carbocycles. The van der Waals surface area contributed by atoms with Gasteiger partial charge in [-0.25, -0.2) is 4.79 Å². The van der Waals surface area contributed by atoms with Crippen molar-refractivity contribution in [3.05, 3.63) is 76.5 Å². The quantitative estimate of drug-likeness (QED) is 0.224. The van der Waals surface area contributed by atoms with Gasteiger partial charge in [-0.05, 0) is 92.0 Å². The SMILES string of the molecule is CCCOc1ccc(NCCC2CN(c3ccc(C(=O)OCC)cc3)C(=S)N2Cc2cccs2)cc1. The molecule has 1 N–H and O–H groups in total. The molecule has 1 unspecified atom stereocenters. The zero-order valence-electron chi connectivity index (χ0n) is 20.8. The van der Waals surface area contributed by atoms with Crippen molar-refractivity contribution < 1.29 is 14.3 Å². The molecule has 1 aliphatic heterocycles. The summed E-state index contributed by atoms with van der Waals surface area (Å²) >= 11 is 7.69. The average Bonchev–Trinajstić information content (AvgIpc) is 3.52. The van der Waals surface area contributed by atoms with Gasteiger partial charge < -0.3 is 24.6 Å². The lowest BCUT2D eigenvalue weighted by molar-refractivity contribution is 0.0526. The molecule has 190 valence electrons. The Morgan fingerprint density at radius 1 is 1.11 bits per heavy atom. The van der Waals surface area contributed by atoms with E-state index in [4.69, 9.17) is 21.7 Å². The third-order valence-electron chi connectivity index (χ3n) is 6.04. The van der Waals surface area contributed by atoms with Crippen LogP contribution in [0.3, 0.4) is 0 Å². The number of esters is 1. The molecule has 0 spiro atoms. The van der Waals surface area contributed by atoms with Crippen molar-refractivity contribution in [2.24, 2.45) is 0 Å². The van der Waals surface area contributed by atoms with Crippen LogP contribution in [-0.4, -0.2) is 48.3 Å². The Labute approximate surface area is 222 Å². The second kappa shape index (κ2) is 12.7. The minimum Gasteiger partial charge on any atom is -0.494 e. The molecular weight excluding hydrogens is 490 g/mol. The number of thiophene rings is 1. The predicted octanol–water partition coefficient (Wildman–Crippen LogP) is 6.19. The summed E-state index contributed by atoms with van der Waals surface area (Å²) in [6.07, 6.45) is 1.94. The zero-order chi connectivity index (χ0) is 25.3. The second-order valence-electron chi connectivity index (χ2n) is 8.61. The van der Waals surface area contributed by atoms with E-state index in [-0.39, 0.29) is 12.0 Å². The van der Waals surface area contributed by atoms with E-state index in [9.17, 15) is 4.79 Å². The molecule has 1 atom stereocenters. The molecule has 0 amide bonds. The minimum atomic E-state index is -0.304. The average molecular weight is 524 g/mol. The van der Waals surface area contributed by atoms with Gasteiger partial charge in [0.1, 0.15) is 5.75 Å². The fourth-order valence-electron chi connectivity index (χ4n) is 4.19. The molecule has 0 saturated carbocycles. The van der Waals surface area contributed by atoms with Crippen molar-refractivity contribution in [1.82, 2.24) is 4.90 Å². The number of ether oxygens (including phenoxy) is 2. The zero-order valence-corrected chi connectivity index (χ0v) is 22.4. The van der Waals surface area contributed by atoms with E-state index >= 15 is 0 Å². The lowest BCUT2D eigenvalue weighted by Crippen LogP contribution is -2.35. The summed E-state index contributed by atoms with van der Waals surface area (Å²) in [5.74, 6) is 0.594. The van der Waals surface area contributed by atoms with Crippen LogP contribution in [0.1, 0.15) is 41.9 Å². The Hall–Kier alpha value is -3.10. The number of thiocarbonyl (C=S) groups is 1. The molecule has 1 saturated heterocycles. The molecule has 0 radical (unpaired) electrons. The molecule has 1 aromatic heterocycles. The normalized spacial score (nSPS) is 15.3. The first-order valence-electron chi connectivity index (χ1n) is 12.4. The molecule has 8 heteroatoms. The van der Waals surface area contributed by atoms with E-state index in [1.165, 1.54) is 4.88 Å². The number of hydrogen-bond donors (Lipinski definition) is 1. The Kier molecular flexibility index (Phi) is 9.19. The van der Waals surface area contributed by atoms with Crippen LogP contribution in [0, 0.1) is 0 Å². The van der Waals surface area contributed by atoms with Crippen molar-refractivity contribution in [2.75, 3.05) is 36.5 Å². The Bertz CT molecular complexity index is 1120. The lowest BCUT2D eigenvalue weighted by atomic mass is 10.1. The summed E-state index contributed by atoms with van der Waals surface area (Å²) in [6.45, 7) is 7.43. The number of anilines is 2. The summed E-state index contributed by atoms with van der Waals surface area (Å²) in [5.41, 5.74) is 2.62. The number of carbonyl (C=O) groups is 1. The van der Waals surface area contributed by atoms with Crippen LogP contribution in [-0.2, 0) is 11.3 Å². The number of nitrogens with zero attached hydrogens (tertiary/aromatic N) is 2. The maximum Gasteiger partial charge on any atom is 0.338 e. The predicted molar refractivity (Wildman–Crippen MR) is 151 cm³/mol. The molecular formula is C28H33N3O3S2. The highest BCUT2D eigenvalue weighted by atomic mass is 32.1. The van der Waals surface area contributed by atoms with Gasteiger partial charge in [-0.15, -0.1) is 11.3 Å². The van der Waals surface area contributed by atoms with Crippen molar-refractivity contribution in [3.8, 4) is 5.75 Å². The second-order valence-corrected chi connectivity index (χ2v) is 10.0. The van der Waals surface area contributed by atoms with Crippen LogP contribution >= 0.6 is 23.6 Å². The summed E-state index contributed by atoms with van der Waals surface area (Å²) < 4.78 is 10.8. The first kappa shape index (κ1) is 26.0. The first-order chi connectivity index (χ1) is 17.6. The van der Waals surface area contributed by atoms with Crippen molar-refractivity contribution >= 4 is 46.0 Å². The number of rotatable bonds is 12. The lowest BCUT2D eigenvalue weighted by Gasteiger charge is -2.25. The van der Waals surface area contributed by atoms with Crippen LogP contribution in [0.4, 0.5) is 11.4 Å². The highest BCUT2D eigenvalue weighted by Crippen LogP contribution is 2.29. The van der Waals surface area contributed by atoms with Crippen LogP contribution in [0.2, 0.25) is 0 Å². The van der Waals surface area contributed by atoms with Gasteiger partial charge >= 0.3 is 5.97 Å². The Balaban J connectivity index is 1.41. The maximum atomic E-state index is 12.0. The highest BCUT2D eigenvalue weighted by molar-refractivity contribution is 7.80. The standard InChI is InChI=1S/C28H33N3O3S2/c1-3-17-34-25-13-9-22(10-14-25)29-16-15-24-19-30(28(35)31(24)20-26-6-5-18-36-26)23-11-7-21(8-12-23)27(32)33-4-2/h5-14,18,24,29H,3-4,15-17,19-20H2,1-2H3. The largest absolute Gasteiger partial charge is 0.494 e. The topological polar surface area (TPSA) is 54.0 Å². The monoisotopic (exact) mass is 523 g/mol. The highest BCUT2D eigenvalue weighted by Gasteiger charge is 2.34. The maximum absolute atomic E-state index is 12.0. The van der Waals surface area contributed by atoms with Gasteiger partial charge in [-0.2, -0.15) is 0 Å². The van der Waals surface area contributed by atoms with Gasteiger partial charge in [-0.3, -0.25) is 0 Å². The molecule has 3 aromatic rings. The first-order valence-corrected chi connectivity index (χ1v) is 13.7. The van der Waals surface area contributed by atoms with E-state index in [2.05, 4.69) is 51.7 Å². The molecule has 4 rings (SSSR count). The third-order valence-corrected chi connectivity index (χ3v) is 7.36. The summed E-state index contributed by atoms with van der Waals surface area (Å²) in [6, 6.07) is 20.2. The molecule has 1 fully saturated rings. The van der Waals surface area contributed by atoms with Crippen molar-refractivity contribution in [2.45, 2.75) is 39.3 Å². The number of nitrogens with one attached hydrogen (secondary N) is 1. The van der Waals surface area contributed by atoms with Crippen molar-refractivity contribution in [3.63, 3.8) is 0 Å². The van der Waals surface area contributed by atoms with E-state index in [0.29, 0.717) is 12.2 Å². The fourth-order valence-corrected chi connectivity index (χ4v) is 5.29. The number of hydrogen-bond acceptors (Lipinski definition) is 6. The van der Waals surface area contributed by atoms with E-state index in [0.717, 1.165) is 61.3 Å². The van der Waals surface area contributed by atoms with Crippen LogP contribution in [0.5, 0.6) is 5.75 Å². The molecule has 0 aliphatic carbocycles. The molecule has 0 bridgehead atoms. The smallest absolute Gasteiger partial charge is 0.338 e. The van der Waals surface area contributed by atoms with Crippen LogP contribution in [0.25, 0.3) is 0 Å². The summed E-state index contributed by atoms with van der Waals surface area (Å²) in [4.78, 5) is 17.8. The summed E-state index contributed by atoms with van der Waals surface area (Å²) in [7, 11) is 0. The van der Waals surface area contributed by atoms with Crippen LogP contribution < -0.4 is 15.0 Å². The Morgan fingerprint density at radius 3 is 2.56 bits per heavy atom. The van der Waals surface area contributed by atoms with E-state index in [1.807, 2.05) is 43.3 Å². The van der Waals surface area contributed by atoms with Gasteiger partial charge in [-0.1, -0.05) is 13.0 Å². The minimum absolute atomic E-state index is 0.268. The van der Waals surface area contributed by atoms with Crippen LogP contribution in [0.15, 0.2) is 66.0 Å². The van der Waals surface area contributed by atoms with Gasteiger partial charge in [0.15, 0.2) is 5.11 Å². The number of carbonyl (C=O) groups excluding carboxylic acids is 1. The molecule has 36 heavy (non-hydrogen) atoms. The fraction of sp³-hybridized carbons (Fsp3) is 0.357. The molecule has 1 aliphatic rings. The van der Waals surface area contributed by atoms with Gasteiger partial charge in [0, 0.05) is 29.3 Å². The van der Waals surface area contributed by atoms with Gasteiger partial charge in [0.2, 0.25) is 0 Å². The Morgan fingerprint density at radius 2 is 1.89 bits per heavy atom. The molecule has 6 nitrogen and oxygen atoms in total. The number of benzene rings is 2. The molecule has 2 heterocycles.